The fourth-order valence-electron chi connectivity index (χ4n) is 2.00. The van der Waals surface area contributed by atoms with Crippen LogP contribution in [-0.2, 0) is 19.6 Å². The van der Waals surface area contributed by atoms with Gasteiger partial charge in [0.15, 0.2) is 0 Å². The van der Waals surface area contributed by atoms with Crippen LogP contribution in [0.15, 0.2) is 27.5 Å². The summed E-state index contributed by atoms with van der Waals surface area (Å²) in [6, 6.07) is 3.99. The van der Waals surface area contributed by atoms with Gasteiger partial charge in [0, 0.05) is 10.9 Å². The summed E-state index contributed by atoms with van der Waals surface area (Å²) in [4.78, 5) is 22.2. The molecule has 0 atom stereocenters. The van der Waals surface area contributed by atoms with E-state index in [4.69, 9.17) is 14.3 Å². The first kappa shape index (κ1) is 17.0. The molecule has 0 aliphatic heterocycles. The van der Waals surface area contributed by atoms with E-state index in [0.717, 1.165) is 0 Å². The number of carboxylic acid groups (broad SMARTS) is 1. The molecule has 1 heterocycles. The van der Waals surface area contributed by atoms with Crippen LogP contribution in [0.3, 0.4) is 0 Å². The van der Waals surface area contributed by atoms with Gasteiger partial charge in [-0.2, -0.15) is 4.72 Å². The lowest BCUT2D eigenvalue weighted by molar-refractivity contribution is -0.135. The van der Waals surface area contributed by atoms with Gasteiger partial charge in [0.25, 0.3) is 0 Å². The van der Waals surface area contributed by atoms with E-state index < -0.39 is 28.5 Å². The zero-order valence-corrected chi connectivity index (χ0v) is 13.3. The zero-order chi connectivity index (χ0) is 17.2. The highest BCUT2D eigenvalue weighted by molar-refractivity contribution is 7.89. The van der Waals surface area contributed by atoms with E-state index in [1.807, 2.05) is 4.72 Å². The van der Waals surface area contributed by atoms with Gasteiger partial charge in [0.1, 0.15) is 12.1 Å². The SMILES string of the molecule is CCOC(=O)c1oc2ccc(S(=O)(=O)NCC(=O)O)cc2c1C. The summed E-state index contributed by atoms with van der Waals surface area (Å²) >= 11 is 0. The van der Waals surface area contributed by atoms with Gasteiger partial charge in [-0.3, -0.25) is 4.79 Å². The monoisotopic (exact) mass is 341 g/mol. The second kappa shape index (κ2) is 6.39. The number of ether oxygens (including phenoxy) is 1. The third-order valence-electron chi connectivity index (χ3n) is 3.09. The number of rotatable bonds is 6. The number of nitrogens with one attached hydrogen (secondary N) is 1. The molecule has 2 aromatic rings. The van der Waals surface area contributed by atoms with Crippen molar-refractivity contribution in [2.75, 3.05) is 13.2 Å². The van der Waals surface area contributed by atoms with Gasteiger partial charge in [-0.25, -0.2) is 13.2 Å². The van der Waals surface area contributed by atoms with Gasteiger partial charge < -0.3 is 14.3 Å². The lowest BCUT2D eigenvalue weighted by Gasteiger charge is -2.04. The number of sulfonamides is 1. The van der Waals surface area contributed by atoms with Crippen LogP contribution in [0.25, 0.3) is 11.0 Å². The Bertz CT molecular complexity index is 867. The first-order valence-corrected chi connectivity index (χ1v) is 8.16. The number of carbonyl (C=O) groups is 2. The van der Waals surface area contributed by atoms with Gasteiger partial charge in [-0.1, -0.05) is 0 Å². The standard InChI is InChI=1S/C14H15NO7S/c1-3-21-14(18)13-8(2)10-6-9(4-5-11(10)22-13)23(19,20)15-7-12(16)17/h4-6,15H,3,7H2,1-2H3,(H,16,17). The number of carbonyl (C=O) groups excluding carboxylic acids is 1. The van der Waals surface area contributed by atoms with Crippen LogP contribution >= 0.6 is 0 Å². The lowest BCUT2D eigenvalue weighted by atomic mass is 10.1. The Morgan fingerprint density at radius 1 is 1.35 bits per heavy atom. The van der Waals surface area contributed by atoms with E-state index in [9.17, 15) is 18.0 Å². The largest absolute Gasteiger partial charge is 0.480 e. The number of fused-ring (bicyclic) bond motifs is 1. The number of benzene rings is 1. The van der Waals surface area contributed by atoms with Crippen molar-refractivity contribution >= 4 is 32.9 Å². The van der Waals surface area contributed by atoms with Crippen LogP contribution in [0.2, 0.25) is 0 Å². The lowest BCUT2D eigenvalue weighted by Crippen LogP contribution is -2.29. The third-order valence-corrected chi connectivity index (χ3v) is 4.49. The van der Waals surface area contributed by atoms with Gasteiger partial charge in [0.05, 0.1) is 11.5 Å². The number of carboxylic acids is 1. The van der Waals surface area contributed by atoms with Gasteiger partial charge in [0.2, 0.25) is 15.8 Å². The van der Waals surface area contributed by atoms with Crippen molar-refractivity contribution in [1.29, 1.82) is 0 Å². The molecular weight excluding hydrogens is 326 g/mol. The van der Waals surface area contributed by atoms with E-state index in [0.29, 0.717) is 16.5 Å². The van der Waals surface area contributed by atoms with Crippen LogP contribution in [-0.4, -0.2) is 38.6 Å². The highest BCUT2D eigenvalue weighted by Gasteiger charge is 2.21. The fraction of sp³-hybridized carbons (Fsp3) is 0.286. The molecule has 0 amide bonds. The number of aliphatic carboxylic acids is 1. The quantitative estimate of drug-likeness (QED) is 0.759. The first-order chi connectivity index (χ1) is 10.8. The maximum absolute atomic E-state index is 12.0. The predicted molar refractivity (Wildman–Crippen MR) is 79.7 cm³/mol. The fourth-order valence-corrected chi connectivity index (χ4v) is 3.00. The Balaban J connectivity index is 2.44. The molecule has 0 bridgehead atoms. The molecule has 23 heavy (non-hydrogen) atoms. The maximum atomic E-state index is 12.0. The summed E-state index contributed by atoms with van der Waals surface area (Å²) in [5.41, 5.74) is 0.788. The number of esters is 1. The topological polar surface area (TPSA) is 123 Å². The summed E-state index contributed by atoms with van der Waals surface area (Å²) in [6.45, 7) is 2.74. The van der Waals surface area contributed by atoms with Crippen LogP contribution in [0, 0.1) is 6.92 Å². The zero-order valence-electron chi connectivity index (χ0n) is 12.5. The molecule has 124 valence electrons. The summed E-state index contributed by atoms with van der Waals surface area (Å²) in [5, 5.41) is 9.00. The van der Waals surface area contributed by atoms with Crippen molar-refractivity contribution in [1.82, 2.24) is 4.72 Å². The van der Waals surface area contributed by atoms with Crippen LogP contribution < -0.4 is 4.72 Å². The molecule has 9 heteroatoms. The Morgan fingerprint density at radius 3 is 2.65 bits per heavy atom. The van der Waals surface area contributed by atoms with Gasteiger partial charge >= 0.3 is 11.9 Å². The Labute approximate surface area is 132 Å². The average molecular weight is 341 g/mol. The van der Waals surface area contributed by atoms with Crippen molar-refractivity contribution in [2.24, 2.45) is 0 Å². The van der Waals surface area contributed by atoms with Crippen LogP contribution in [0.5, 0.6) is 0 Å². The van der Waals surface area contributed by atoms with Crippen LogP contribution in [0.4, 0.5) is 0 Å². The first-order valence-electron chi connectivity index (χ1n) is 6.68. The molecule has 0 saturated heterocycles. The molecule has 0 spiro atoms. The van der Waals surface area contributed by atoms with Crippen molar-refractivity contribution in [2.45, 2.75) is 18.7 Å². The smallest absolute Gasteiger partial charge is 0.374 e. The summed E-state index contributed by atoms with van der Waals surface area (Å²) in [5.74, 6) is -1.91. The molecule has 0 saturated carbocycles. The van der Waals surface area contributed by atoms with E-state index in [-0.39, 0.29) is 17.3 Å². The van der Waals surface area contributed by atoms with E-state index >= 15 is 0 Å². The van der Waals surface area contributed by atoms with Crippen molar-refractivity contribution in [3.8, 4) is 0 Å². The molecule has 8 nitrogen and oxygen atoms in total. The van der Waals surface area contributed by atoms with Crippen molar-refractivity contribution in [3.63, 3.8) is 0 Å². The molecule has 0 unspecified atom stereocenters. The van der Waals surface area contributed by atoms with Crippen molar-refractivity contribution < 1.29 is 32.3 Å². The summed E-state index contributed by atoms with van der Waals surface area (Å²) in [7, 11) is -3.97. The minimum atomic E-state index is -3.97. The van der Waals surface area contributed by atoms with Gasteiger partial charge in [-0.05, 0) is 32.0 Å². The minimum Gasteiger partial charge on any atom is -0.480 e. The highest BCUT2D eigenvalue weighted by Crippen LogP contribution is 2.28. The number of hydrogen-bond donors (Lipinski definition) is 2. The highest BCUT2D eigenvalue weighted by atomic mass is 32.2. The van der Waals surface area contributed by atoms with E-state index in [2.05, 4.69) is 0 Å². The molecule has 2 rings (SSSR count). The van der Waals surface area contributed by atoms with Crippen LogP contribution in [0.1, 0.15) is 23.0 Å². The Hall–Kier alpha value is -2.39. The number of hydrogen-bond acceptors (Lipinski definition) is 6. The normalized spacial score (nSPS) is 11.6. The molecule has 2 N–H and O–H groups in total. The molecule has 0 fully saturated rings. The van der Waals surface area contributed by atoms with E-state index in [1.165, 1.54) is 18.2 Å². The summed E-state index contributed by atoms with van der Waals surface area (Å²) < 4.78 is 36.3. The average Bonchev–Trinajstić information content (AvgIpc) is 2.82. The predicted octanol–water partition coefficient (Wildman–Crippen LogP) is 1.28. The molecule has 0 aliphatic carbocycles. The molecule has 1 aromatic carbocycles. The maximum Gasteiger partial charge on any atom is 0.374 e. The third kappa shape index (κ3) is 3.51. The minimum absolute atomic E-state index is 0.00916. The Morgan fingerprint density at radius 2 is 2.04 bits per heavy atom. The molecular formula is C14H15NO7S. The number of aryl methyl sites for hydroxylation is 1. The van der Waals surface area contributed by atoms with E-state index in [1.54, 1.807) is 13.8 Å². The Kier molecular flexibility index (Phi) is 4.71. The summed E-state index contributed by atoms with van der Waals surface area (Å²) in [6.07, 6.45) is 0. The van der Waals surface area contributed by atoms with Crippen molar-refractivity contribution in [3.05, 3.63) is 29.5 Å². The molecule has 0 aliphatic rings. The molecule has 0 radical (unpaired) electrons. The molecule has 1 aromatic heterocycles. The second-order valence-corrected chi connectivity index (χ2v) is 6.42. The van der Waals surface area contributed by atoms with Gasteiger partial charge in [-0.15, -0.1) is 0 Å². The second-order valence-electron chi connectivity index (χ2n) is 4.65. The number of furan rings is 1.